The van der Waals surface area contributed by atoms with Gasteiger partial charge in [0.1, 0.15) is 12.7 Å². The first kappa shape index (κ1) is 51.3. The standard InChI is InChI=1S/C48H83NO7/c1-5-7-9-11-13-15-17-19-21-23-25-27-29-31-33-38-46(51)55-44-42-53-43(41-54-45(50)37-35-36-40-49(3)4)48(44)56-47(52)39-34-32-30-28-26-24-22-20-18-16-14-12-10-8-6-2/h13-16,19-22,43-44,48H,5-12,17-18,23-42H2,1-4H3/b15-13-,16-14-,21-19-,22-20-/t43-,44+,48+/m1/s1. The molecule has 1 rings (SSSR count). The van der Waals surface area contributed by atoms with Gasteiger partial charge in [-0.15, -0.1) is 0 Å². The van der Waals surface area contributed by atoms with Crippen LogP contribution in [-0.2, 0) is 33.3 Å². The van der Waals surface area contributed by atoms with Gasteiger partial charge in [-0.2, -0.15) is 0 Å². The van der Waals surface area contributed by atoms with Crippen molar-refractivity contribution in [3.8, 4) is 0 Å². The summed E-state index contributed by atoms with van der Waals surface area (Å²) in [5.74, 6) is -0.942. The quantitative estimate of drug-likeness (QED) is 0.0266. The van der Waals surface area contributed by atoms with Gasteiger partial charge in [-0.1, -0.05) is 127 Å². The number of esters is 3. The van der Waals surface area contributed by atoms with Gasteiger partial charge in [-0.05, 0) is 111 Å². The van der Waals surface area contributed by atoms with Gasteiger partial charge in [-0.3, -0.25) is 14.4 Å². The van der Waals surface area contributed by atoms with E-state index in [2.05, 4.69) is 67.4 Å². The van der Waals surface area contributed by atoms with Crippen molar-refractivity contribution in [2.45, 2.75) is 206 Å². The summed E-state index contributed by atoms with van der Waals surface area (Å²) in [6, 6.07) is 0. The summed E-state index contributed by atoms with van der Waals surface area (Å²) in [7, 11) is 4.01. The van der Waals surface area contributed by atoms with Crippen molar-refractivity contribution in [1.29, 1.82) is 0 Å². The second-order valence-electron chi connectivity index (χ2n) is 15.8. The third-order valence-corrected chi connectivity index (χ3v) is 10.1. The Labute approximate surface area is 343 Å². The molecule has 0 saturated carbocycles. The Kier molecular flexibility index (Phi) is 34.7. The molecule has 322 valence electrons. The van der Waals surface area contributed by atoms with Crippen LogP contribution in [0.5, 0.6) is 0 Å². The van der Waals surface area contributed by atoms with Crippen LogP contribution in [0.2, 0.25) is 0 Å². The van der Waals surface area contributed by atoms with Crippen molar-refractivity contribution in [3.63, 3.8) is 0 Å². The first-order chi connectivity index (χ1) is 27.4. The summed E-state index contributed by atoms with van der Waals surface area (Å²) < 4.78 is 23.1. The van der Waals surface area contributed by atoms with Gasteiger partial charge < -0.3 is 23.8 Å². The molecule has 0 amide bonds. The molecule has 0 aromatic carbocycles. The molecule has 0 N–H and O–H groups in total. The minimum Gasteiger partial charge on any atom is -0.463 e. The minimum atomic E-state index is -0.796. The Hall–Kier alpha value is -2.71. The molecule has 8 nitrogen and oxygen atoms in total. The highest BCUT2D eigenvalue weighted by atomic mass is 16.6. The maximum Gasteiger partial charge on any atom is 0.306 e. The van der Waals surface area contributed by atoms with Crippen LogP contribution in [0.3, 0.4) is 0 Å². The van der Waals surface area contributed by atoms with Crippen LogP contribution in [0.1, 0.15) is 187 Å². The smallest absolute Gasteiger partial charge is 0.306 e. The maximum absolute atomic E-state index is 13.0. The molecule has 3 atom stereocenters. The van der Waals surface area contributed by atoms with E-state index in [1.807, 2.05) is 14.1 Å². The number of rotatable bonds is 37. The van der Waals surface area contributed by atoms with E-state index in [0.29, 0.717) is 19.3 Å². The number of carbonyl (C=O) groups excluding carboxylic acids is 3. The molecular weight excluding hydrogens is 703 g/mol. The van der Waals surface area contributed by atoms with Crippen molar-refractivity contribution in [1.82, 2.24) is 4.90 Å². The monoisotopic (exact) mass is 786 g/mol. The van der Waals surface area contributed by atoms with Crippen LogP contribution in [0.25, 0.3) is 0 Å². The fourth-order valence-corrected chi connectivity index (χ4v) is 6.59. The average Bonchev–Trinajstić information content (AvgIpc) is 3.55. The zero-order chi connectivity index (χ0) is 40.7. The summed E-state index contributed by atoms with van der Waals surface area (Å²) in [4.78, 5) is 40.3. The van der Waals surface area contributed by atoms with Gasteiger partial charge >= 0.3 is 17.9 Å². The first-order valence-electron chi connectivity index (χ1n) is 22.8. The summed E-state index contributed by atoms with van der Waals surface area (Å²) in [5.41, 5.74) is 0. The molecule has 1 heterocycles. The highest BCUT2D eigenvalue weighted by Crippen LogP contribution is 2.24. The van der Waals surface area contributed by atoms with Crippen LogP contribution < -0.4 is 0 Å². The lowest BCUT2D eigenvalue weighted by molar-refractivity contribution is -0.168. The molecule has 0 unspecified atom stereocenters. The number of carbonyl (C=O) groups is 3. The van der Waals surface area contributed by atoms with E-state index in [4.69, 9.17) is 18.9 Å². The fourth-order valence-electron chi connectivity index (χ4n) is 6.59. The molecule has 8 heteroatoms. The number of hydrogen-bond donors (Lipinski definition) is 0. The molecule has 0 aromatic heterocycles. The van der Waals surface area contributed by atoms with Gasteiger partial charge in [0.2, 0.25) is 0 Å². The molecule has 0 aliphatic carbocycles. The van der Waals surface area contributed by atoms with Crippen molar-refractivity contribution < 1.29 is 33.3 Å². The van der Waals surface area contributed by atoms with E-state index in [0.717, 1.165) is 109 Å². The van der Waals surface area contributed by atoms with Crippen LogP contribution >= 0.6 is 0 Å². The molecule has 0 spiro atoms. The maximum atomic E-state index is 13.0. The van der Waals surface area contributed by atoms with Gasteiger partial charge in [0.15, 0.2) is 12.2 Å². The highest BCUT2D eigenvalue weighted by Gasteiger charge is 2.43. The molecule has 1 fully saturated rings. The van der Waals surface area contributed by atoms with E-state index in [1.54, 1.807) is 0 Å². The second-order valence-corrected chi connectivity index (χ2v) is 15.8. The molecular formula is C48H83NO7. The van der Waals surface area contributed by atoms with Gasteiger partial charge in [0.25, 0.3) is 0 Å². The molecule has 0 aromatic rings. The largest absolute Gasteiger partial charge is 0.463 e. The molecule has 0 bridgehead atoms. The first-order valence-corrected chi connectivity index (χ1v) is 22.8. The van der Waals surface area contributed by atoms with Crippen molar-refractivity contribution >= 4 is 17.9 Å². The number of nitrogens with zero attached hydrogens (tertiary/aromatic N) is 1. The zero-order valence-corrected chi connectivity index (χ0v) is 36.4. The van der Waals surface area contributed by atoms with E-state index in [9.17, 15) is 14.4 Å². The third kappa shape index (κ3) is 31.4. The summed E-state index contributed by atoms with van der Waals surface area (Å²) in [6.45, 7) is 5.46. The Balaban J connectivity index is 2.40. The van der Waals surface area contributed by atoms with Crippen LogP contribution in [0, 0.1) is 0 Å². The third-order valence-electron chi connectivity index (χ3n) is 10.1. The Bertz CT molecular complexity index is 1080. The van der Waals surface area contributed by atoms with E-state index < -0.39 is 18.3 Å². The number of unbranched alkanes of at least 4 members (excludes halogenated alkanes) is 17. The molecule has 0 radical (unpaired) electrons. The molecule has 1 aliphatic heterocycles. The van der Waals surface area contributed by atoms with Crippen LogP contribution in [-0.4, -0.2) is 75.0 Å². The lowest BCUT2D eigenvalue weighted by atomic mass is 10.1. The minimum absolute atomic E-state index is 0.0346. The van der Waals surface area contributed by atoms with E-state index in [1.165, 1.54) is 51.4 Å². The summed E-state index contributed by atoms with van der Waals surface area (Å²) >= 11 is 0. The lowest BCUT2D eigenvalue weighted by Crippen LogP contribution is -2.40. The SMILES string of the molecule is CCCCC/C=C\C/C=C\CCCCCCCC(=O)O[C@@H]1[C@@H](OC(=O)CCCCCCC/C=C\C/C=C\CCCCC)CO[C@@H]1COC(=O)CCCCN(C)C. The zero-order valence-electron chi connectivity index (χ0n) is 36.4. The number of hydrogen-bond acceptors (Lipinski definition) is 8. The normalized spacial score (nSPS) is 17.3. The summed E-state index contributed by atoms with van der Waals surface area (Å²) in [5, 5.41) is 0. The molecule has 1 aliphatic rings. The van der Waals surface area contributed by atoms with Crippen molar-refractivity contribution in [2.75, 3.05) is 33.9 Å². The van der Waals surface area contributed by atoms with E-state index in [-0.39, 0.29) is 31.1 Å². The van der Waals surface area contributed by atoms with Crippen LogP contribution in [0.15, 0.2) is 48.6 Å². The van der Waals surface area contributed by atoms with Crippen molar-refractivity contribution in [3.05, 3.63) is 48.6 Å². The van der Waals surface area contributed by atoms with Crippen LogP contribution in [0.4, 0.5) is 0 Å². The van der Waals surface area contributed by atoms with E-state index >= 15 is 0 Å². The predicted molar refractivity (Wildman–Crippen MR) is 232 cm³/mol. The van der Waals surface area contributed by atoms with Gasteiger partial charge in [-0.25, -0.2) is 0 Å². The van der Waals surface area contributed by atoms with Gasteiger partial charge in [0.05, 0.1) is 6.61 Å². The predicted octanol–water partition coefficient (Wildman–Crippen LogP) is 12.1. The number of allylic oxidation sites excluding steroid dienone is 8. The lowest BCUT2D eigenvalue weighted by Gasteiger charge is -2.23. The summed E-state index contributed by atoms with van der Waals surface area (Å²) in [6.07, 6.45) is 43.1. The second kappa shape index (κ2) is 37.8. The average molecular weight is 786 g/mol. The highest BCUT2D eigenvalue weighted by molar-refractivity contribution is 5.71. The van der Waals surface area contributed by atoms with Gasteiger partial charge in [0, 0.05) is 19.3 Å². The Morgan fingerprint density at radius 1 is 0.536 bits per heavy atom. The van der Waals surface area contributed by atoms with Crippen molar-refractivity contribution in [2.24, 2.45) is 0 Å². The molecule has 1 saturated heterocycles. The topological polar surface area (TPSA) is 91.4 Å². The Morgan fingerprint density at radius 3 is 1.46 bits per heavy atom. The number of ether oxygens (including phenoxy) is 4. The molecule has 56 heavy (non-hydrogen) atoms. The Morgan fingerprint density at radius 2 is 0.964 bits per heavy atom. The fraction of sp³-hybridized carbons (Fsp3) is 0.771.